The van der Waals surface area contributed by atoms with Gasteiger partial charge in [-0.05, 0) is 36.8 Å². The highest BCUT2D eigenvalue weighted by molar-refractivity contribution is 7.09. The number of aromatic nitrogens is 2. The maximum Gasteiger partial charge on any atom is 0.407 e. The molecule has 13 heteroatoms. The Balaban J connectivity index is 1.45. The first kappa shape index (κ1) is 38.1. The van der Waals surface area contributed by atoms with Gasteiger partial charge in [-0.25, -0.2) is 14.6 Å². The minimum Gasteiger partial charge on any atom is -0.444 e. The molecule has 4 amide bonds. The molecule has 0 unspecified atom stereocenters. The normalized spacial score (nSPS) is 12.7. The van der Waals surface area contributed by atoms with Crippen molar-refractivity contribution >= 4 is 40.7 Å². The molecule has 0 aliphatic heterocycles. The highest BCUT2D eigenvalue weighted by Gasteiger charge is 2.28. The fraction of sp³-hybridized carbons (Fsp3) is 0.378. The molecule has 11 nitrogen and oxygen atoms in total. The average Bonchev–Trinajstić information content (AvgIpc) is 3.82. The van der Waals surface area contributed by atoms with Gasteiger partial charge < -0.3 is 30.9 Å². The number of nitrogens with one attached hydrogen (secondary N) is 4. The van der Waals surface area contributed by atoms with Gasteiger partial charge in [-0.15, -0.1) is 22.7 Å². The molecule has 2 aromatic carbocycles. The lowest BCUT2D eigenvalue weighted by Crippen LogP contribution is -2.54. The van der Waals surface area contributed by atoms with Gasteiger partial charge in [0.15, 0.2) is 0 Å². The van der Waals surface area contributed by atoms with Crippen LogP contribution in [0.1, 0.15) is 59.3 Å². The largest absolute Gasteiger partial charge is 0.444 e. The highest BCUT2D eigenvalue weighted by atomic mass is 32.1. The third-order valence-corrected chi connectivity index (χ3v) is 9.97. The number of urea groups is 1. The Hall–Kier alpha value is -4.75. The Bertz CT molecular complexity index is 1650. The maximum atomic E-state index is 13.9. The lowest BCUT2D eigenvalue weighted by Gasteiger charge is -2.28. The molecule has 0 saturated heterocycles. The van der Waals surface area contributed by atoms with Gasteiger partial charge in [-0.1, -0.05) is 81.1 Å². The molecular formula is C37H47N7O4S2. The number of alkyl carbamates (subject to hydrolysis) is 1. The molecule has 50 heavy (non-hydrogen) atoms. The van der Waals surface area contributed by atoms with E-state index in [1.165, 1.54) is 16.2 Å². The van der Waals surface area contributed by atoms with Crippen LogP contribution >= 0.6 is 22.7 Å². The molecule has 0 radical (unpaired) electrons. The summed E-state index contributed by atoms with van der Waals surface area (Å²) in [6, 6.07) is 17.8. The predicted octanol–water partition coefficient (Wildman–Crippen LogP) is 6.01. The molecule has 4 N–H and O–H groups in total. The van der Waals surface area contributed by atoms with Crippen molar-refractivity contribution in [3.05, 3.63) is 117 Å². The fourth-order valence-corrected chi connectivity index (χ4v) is 6.59. The fourth-order valence-electron chi connectivity index (χ4n) is 5.26. The van der Waals surface area contributed by atoms with Crippen molar-refractivity contribution in [2.75, 3.05) is 14.1 Å². The molecule has 2 aromatic heterocycles. The standard InChI is InChI=1S/C37H47N7O4S2/c1-25(2)35-41-31(23-49-35)21-44(5)36(46)43-33(26(3)38-4)34(45)40-29(18-27-12-8-6-9-13-27)16-17-30(19-28-14-10-7-11-15-28)42-37(47)48-22-32-20-39-24-50-32/h6-15,20,23-25,29-30,33,38H,3,16-19,21-22H2,1-2,4-5H3,(H,40,45)(H,42,47)(H,43,46)/t29-,30-,33+/m1/s1. The molecule has 3 atom stereocenters. The monoisotopic (exact) mass is 717 g/mol. The van der Waals surface area contributed by atoms with Gasteiger partial charge in [-0.2, -0.15) is 0 Å². The van der Waals surface area contributed by atoms with Gasteiger partial charge in [-0.3, -0.25) is 9.78 Å². The van der Waals surface area contributed by atoms with Crippen molar-refractivity contribution in [1.82, 2.24) is 36.1 Å². The molecule has 0 fully saturated rings. The summed E-state index contributed by atoms with van der Waals surface area (Å²) in [4.78, 5) is 51.1. The van der Waals surface area contributed by atoms with Crippen molar-refractivity contribution in [2.24, 2.45) is 0 Å². The van der Waals surface area contributed by atoms with Crippen LogP contribution in [0.5, 0.6) is 0 Å². The van der Waals surface area contributed by atoms with E-state index in [0.717, 1.165) is 26.7 Å². The number of hydrogen-bond acceptors (Lipinski definition) is 9. The number of likely N-dealkylation sites (N-methyl/N-ethyl adjacent to an activating group) is 1. The number of rotatable bonds is 18. The Morgan fingerprint density at radius 3 is 2.06 bits per heavy atom. The summed E-state index contributed by atoms with van der Waals surface area (Å²) < 4.78 is 5.48. The zero-order valence-corrected chi connectivity index (χ0v) is 30.7. The second-order valence-electron chi connectivity index (χ2n) is 12.4. The lowest BCUT2D eigenvalue weighted by molar-refractivity contribution is -0.123. The molecule has 0 bridgehead atoms. The first-order valence-electron chi connectivity index (χ1n) is 16.6. The summed E-state index contributed by atoms with van der Waals surface area (Å²) in [5, 5.41) is 14.9. The molecule has 4 rings (SSSR count). The number of nitrogens with zero attached hydrogens (tertiary/aromatic N) is 3. The number of amides is 4. The molecule has 0 aliphatic carbocycles. The second kappa shape index (κ2) is 19.4. The molecular weight excluding hydrogens is 671 g/mol. The summed E-state index contributed by atoms with van der Waals surface area (Å²) >= 11 is 2.99. The molecule has 0 spiro atoms. The lowest BCUT2D eigenvalue weighted by atomic mass is 9.95. The van der Waals surface area contributed by atoms with Crippen LogP contribution in [0.4, 0.5) is 9.59 Å². The minimum atomic E-state index is -1.03. The molecule has 0 aliphatic rings. The van der Waals surface area contributed by atoms with Gasteiger partial charge in [0.2, 0.25) is 5.91 Å². The molecule has 4 aromatic rings. The summed E-state index contributed by atoms with van der Waals surface area (Å²) in [5.74, 6) is -0.0875. The topological polar surface area (TPSA) is 138 Å². The summed E-state index contributed by atoms with van der Waals surface area (Å²) in [6.07, 6.45) is 3.40. The van der Waals surface area contributed by atoms with Crippen LogP contribution in [-0.4, -0.2) is 65.1 Å². The summed E-state index contributed by atoms with van der Waals surface area (Å²) in [5.41, 5.74) is 4.95. The number of ether oxygens (including phenoxy) is 1. The Kier molecular flexibility index (Phi) is 14.8. The van der Waals surface area contributed by atoms with Crippen LogP contribution in [0, 0.1) is 0 Å². The zero-order valence-electron chi connectivity index (χ0n) is 29.1. The third-order valence-electron chi connectivity index (χ3n) is 8.02. The molecule has 0 saturated carbocycles. The van der Waals surface area contributed by atoms with Crippen molar-refractivity contribution in [3.8, 4) is 0 Å². The van der Waals surface area contributed by atoms with Gasteiger partial charge in [0.25, 0.3) is 0 Å². The van der Waals surface area contributed by atoms with E-state index < -0.39 is 18.2 Å². The van der Waals surface area contributed by atoms with E-state index in [2.05, 4.69) is 51.7 Å². The van der Waals surface area contributed by atoms with Crippen molar-refractivity contribution in [2.45, 2.75) is 76.7 Å². The van der Waals surface area contributed by atoms with E-state index in [-0.39, 0.29) is 24.6 Å². The van der Waals surface area contributed by atoms with Crippen LogP contribution < -0.4 is 21.3 Å². The number of benzene rings is 2. The Labute approximate surface area is 302 Å². The maximum absolute atomic E-state index is 13.9. The zero-order chi connectivity index (χ0) is 35.9. The van der Waals surface area contributed by atoms with E-state index in [1.54, 1.807) is 37.1 Å². The number of thiazole rings is 2. The van der Waals surface area contributed by atoms with Crippen molar-refractivity contribution in [3.63, 3.8) is 0 Å². The second-order valence-corrected chi connectivity index (χ2v) is 14.3. The van der Waals surface area contributed by atoms with Crippen LogP contribution in [0.2, 0.25) is 0 Å². The smallest absolute Gasteiger partial charge is 0.407 e. The molecule has 2 heterocycles. The third kappa shape index (κ3) is 12.3. The predicted molar refractivity (Wildman–Crippen MR) is 199 cm³/mol. The van der Waals surface area contributed by atoms with Gasteiger partial charge >= 0.3 is 12.1 Å². The van der Waals surface area contributed by atoms with Gasteiger partial charge in [0, 0.05) is 49.4 Å². The van der Waals surface area contributed by atoms with E-state index in [0.29, 0.717) is 43.8 Å². The number of carbonyl (C=O) groups excluding carboxylic acids is 3. The quantitative estimate of drug-likeness (QED) is 0.0990. The van der Waals surface area contributed by atoms with E-state index >= 15 is 0 Å². The van der Waals surface area contributed by atoms with E-state index in [9.17, 15) is 14.4 Å². The number of carbonyl (C=O) groups is 3. The van der Waals surface area contributed by atoms with Crippen LogP contribution in [-0.2, 0) is 35.5 Å². The summed E-state index contributed by atoms with van der Waals surface area (Å²) in [7, 11) is 3.33. The first-order chi connectivity index (χ1) is 24.1. The van der Waals surface area contributed by atoms with Gasteiger partial charge in [0.1, 0.15) is 12.6 Å². The molecule has 266 valence electrons. The van der Waals surface area contributed by atoms with Crippen LogP contribution in [0.25, 0.3) is 0 Å². The van der Waals surface area contributed by atoms with E-state index in [1.807, 2.05) is 66.0 Å². The highest BCUT2D eigenvalue weighted by Crippen LogP contribution is 2.20. The minimum absolute atomic E-state index is 0.141. The van der Waals surface area contributed by atoms with Gasteiger partial charge in [0.05, 0.1) is 27.6 Å². The van der Waals surface area contributed by atoms with Crippen molar-refractivity contribution in [1.29, 1.82) is 0 Å². The van der Waals surface area contributed by atoms with Crippen LogP contribution in [0.3, 0.4) is 0 Å². The first-order valence-corrected chi connectivity index (χ1v) is 18.4. The Morgan fingerprint density at radius 1 is 0.900 bits per heavy atom. The number of hydrogen-bond donors (Lipinski definition) is 4. The Morgan fingerprint density at radius 2 is 1.52 bits per heavy atom. The van der Waals surface area contributed by atoms with Crippen molar-refractivity contribution < 1.29 is 19.1 Å². The summed E-state index contributed by atoms with van der Waals surface area (Å²) in [6.45, 7) is 8.61. The SMILES string of the molecule is C=C(NC)[C@H](NC(=O)N(C)Cc1csc(C(C)C)n1)C(=O)N[C@H](CC[C@H](Cc1ccccc1)NC(=O)OCc1cncs1)Cc1ccccc1. The van der Waals surface area contributed by atoms with E-state index in [4.69, 9.17) is 4.74 Å². The average molecular weight is 718 g/mol. The van der Waals surface area contributed by atoms with Crippen LogP contribution in [0.15, 0.2) is 90.0 Å².